The number of carbonyl (C=O) groups is 1. The topological polar surface area (TPSA) is 96.5 Å². The van der Waals surface area contributed by atoms with Crippen LogP contribution in [-0.2, 0) is 11.0 Å². The highest BCUT2D eigenvalue weighted by atomic mass is 19.4. The van der Waals surface area contributed by atoms with Gasteiger partial charge >= 0.3 is 6.18 Å². The zero-order valence-corrected chi connectivity index (χ0v) is 16.2. The van der Waals surface area contributed by atoms with Crippen molar-refractivity contribution in [3.8, 4) is 11.8 Å². The molecule has 0 aliphatic carbocycles. The van der Waals surface area contributed by atoms with Crippen LogP contribution in [0.3, 0.4) is 0 Å². The number of nitriles is 1. The fourth-order valence-electron chi connectivity index (χ4n) is 2.65. The Morgan fingerprint density at radius 1 is 1.20 bits per heavy atom. The minimum absolute atomic E-state index is 0.0179. The van der Waals surface area contributed by atoms with Gasteiger partial charge in [0.15, 0.2) is 6.61 Å². The molecule has 10 heteroatoms. The number of hydrogen-bond acceptors (Lipinski definition) is 5. The van der Waals surface area contributed by atoms with Gasteiger partial charge in [-0.15, -0.1) is 0 Å². The number of benzene rings is 2. The predicted molar refractivity (Wildman–Crippen MR) is 102 cm³/mol. The number of aryl methyl sites for hydroxylation is 2. The van der Waals surface area contributed by atoms with Crippen LogP contribution in [-0.4, -0.2) is 24.0 Å². The zero-order valence-electron chi connectivity index (χ0n) is 16.2. The molecule has 0 spiro atoms. The van der Waals surface area contributed by atoms with E-state index in [-0.39, 0.29) is 13.0 Å². The van der Waals surface area contributed by atoms with Gasteiger partial charge in [0.2, 0.25) is 0 Å². The zero-order chi connectivity index (χ0) is 22.5. The van der Waals surface area contributed by atoms with Crippen molar-refractivity contribution in [2.45, 2.75) is 26.4 Å². The van der Waals surface area contributed by atoms with Gasteiger partial charge in [0.05, 0.1) is 17.4 Å². The van der Waals surface area contributed by atoms with Gasteiger partial charge in [-0.3, -0.25) is 14.9 Å². The first-order valence-electron chi connectivity index (χ1n) is 8.77. The first-order valence-corrected chi connectivity index (χ1v) is 8.77. The van der Waals surface area contributed by atoms with Crippen LogP contribution in [0.2, 0.25) is 0 Å². The summed E-state index contributed by atoms with van der Waals surface area (Å²) in [5, 5.41) is 19.6. The number of non-ortho nitro benzene ring substituents is 1. The van der Waals surface area contributed by atoms with E-state index in [4.69, 9.17) is 10.00 Å². The summed E-state index contributed by atoms with van der Waals surface area (Å²) in [7, 11) is 0. The van der Waals surface area contributed by atoms with Crippen molar-refractivity contribution in [2.24, 2.45) is 0 Å². The summed E-state index contributed by atoms with van der Waals surface area (Å²) in [5.41, 5.74) is 0.286. The first-order chi connectivity index (χ1) is 14.0. The summed E-state index contributed by atoms with van der Waals surface area (Å²) in [4.78, 5) is 23.7. The lowest BCUT2D eigenvalue weighted by molar-refractivity contribution is -0.385. The second-order valence-corrected chi connectivity index (χ2v) is 6.45. The molecule has 158 valence electrons. The second-order valence-electron chi connectivity index (χ2n) is 6.45. The van der Waals surface area contributed by atoms with Crippen LogP contribution >= 0.6 is 0 Å². The molecule has 2 aromatic rings. The highest BCUT2D eigenvalue weighted by molar-refractivity contribution is 5.94. The fraction of sp³-hybridized carbons (Fsp3) is 0.300. The van der Waals surface area contributed by atoms with Crippen LogP contribution in [0.15, 0.2) is 36.4 Å². The summed E-state index contributed by atoms with van der Waals surface area (Å²) in [5.74, 6) is -1.35. The quantitative estimate of drug-likeness (QED) is 0.482. The highest BCUT2D eigenvalue weighted by Gasteiger charge is 2.36. The molecule has 0 radical (unpaired) electrons. The highest BCUT2D eigenvalue weighted by Crippen LogP contribution is 2.38. The van der Waals surface area contributed by atoms with E-state index in [1.54, 1.807) is 18.2 Å². The molecule has 0 saturated carbocycles. The van der Waals surface area contributed by atoms with Crippen molar-refractivity contribution in [1.29, 1.82) is 5.26 Å². The van der Waals surface area contributed by atoms with Crippen molar-refractivity contribution in [3.05, 3.63) is 63.2 Å². The Morgan fingerprint density at radius 3 is 2.47 bits per heavy atom. The molecule has 0 unspecified atom stereocenters. The number of ether oxygens (including phenoxy) is 1. The second kappa shape index (κ2) is 9.26. The van der Waals surface area contributed by atoms with E-state index in [1.807, 2.05) is 19.9 Å². The molecule has 30 heavy (non-hydrogen) atoms. The maximum Gasteiger partial charge on any atom is 0.420 e. The smallest absolute Gasteiger partial charge is 0.420 e. The number of rotatable bonds is 7. The standard InChI is InChI=1S/C20H18F3N3O4/c1-13-4-5-15(10-14(13)2)25(9-3-8-24)19(27)12-30-18-7-6-16(26(28)29)11-17(18)20(21,22)23/h4-7,10-11H,3,9,12H2,1-2H3. The lowest BCUT2D eigenvalue weighted by atomic mass is 10.1. The average Bonchev–Trinajstić information content (AvgIpc) is 2.68. The van der Waals surface area contributed by atoms with E-state index in [9.17, 15) is 28.1 Å². The average molecular weight is 421 g/mol. The summed E-state index contributed by atoms with van der Waals surface area (Å²) >= 11 is 0. The number of alkyl halides is 3. The maximum absolute atomic E-state index is 13.3. The van der Waals surface area contributed by atoms with Crippen molar-refractivity contribution in [2.75, 3.05) is 18.1 Å². The molecule has 0 heterocycles. The number of nitro groups is 1. The maximum atomic E-state index is 13.3. The summed E-state index contributed by atoms with van der Waals surface area (Å²) in [6.07, 6.45) is -4.89. The third-order valence-electron chi connectivity index (χ3n) is 4.38. The Kier molecular flexibility index (Phi) is 7.00. The van der Waals surface area contributed by atoms with Crippen LogP contribution in [0.4, 0.5) is 24.5 Å². The third-order valence-corrected chi connectivity index (χ3v) is 4.38. The number of anilines is 1. The number of hydrogen-bond donors (Lipinski definition) is 0. The lowest BCUT2D eigenvalue weighted by Crippen LogP contribution is -2.36. The van der Waals surface area contributed by atoms with Gasteiger partial charge in [-0.1, -0.05) is 6.07 Å². The van der Waals surface area contributed by atoms with E-state index in [2.05, 4.69) is 0 Å². The van der Waals surface area contributed by atoms with Crippen molar-refractivity contribution in [3.63, 3.8) is 0 Å². The van der Waals surface area contributed by atoms with Crippen molar-refractivity contribution >= 4 is 17.3 Å². The Hall–Kier alpha value is -3.61. The Bertz CT molecular complexity index is 1000. The Morgan fingerprint density at radius 2 is 1.90 bits per heavy atom. The molecule has 0 aliphatic rings. The molecule has 0 fully saturated rings. The van der Waals surface area contributed by atoms with Gasteiger partial charge in [-0.05, 0) is 43.2 Å². The molecule has 0 N–H and O–H groups in total. The summed E-state index contributed by atoms with van der Waals surface area (Å²) in [6.45, 7) is 3.03. The minimum atomic E-state index is -4.90. The minimum Gasteiger partial charge on any atom is -0.483 e. The van der Waals surface area contributed by atoms with E-state index in [0.29, 0.717) is 11.8 Å². The van der Waals surface area contributed by atoms with Crippen LogP contribution in [0.5, 0.6) is 5.75 Å². The van der Waals surface area contributed by atoms with Gasteiger partial charge in [-0.25, -0.2) is 0 Å². The molecule has 0 aliphatic heterocycles. The molecule has 0 atom stereocenters. The summed E-state index contributed by atoms with van der Waals surface area (Å²) in [6, 6.07) is 9.15. The Balaban J connectivity index is 2.27. The molecule has 0 aromatic heterocycles. The third kappa shape index (κ3) is 5.47. The van der Waals surface area contributed by atoms with Gasteiger partial charge < -0.3 is 9.64 Å². The van der Waals surface area contributed by atoms with E-state index < -0.39 is 40.6 Å². The van der Waals surface area contributed by atoms with Crippen LogP contribution in [0.25, 0.3) is 0 Å². The Labute approximate surface area is 170 Å². The molecule has 0 bridgehead atoms. The number of amides is 1. The molecule has 2 aromatic carbocycles. The monoisotopic (exact) mass is 421 g/mol. The largest absolute Gasteiger partial charge is 0.483 e. The molecule has 7 nitrogen and oxygen atoms in total. The van der Waals surface area contributed by atoms with E-state index in [0.717, 1.165) is 23.3 Å². The van der Waals surface area contributed by atoms with Gasteiger partial charge in [0, 0.05) is 24.4 Å². The normalized spacial score (nSPS) is 10.9. The van der Waals surface area contributed by atoms with Crippen LogP contribution in [0, 0.1) is 35.3 Å². The molecular weight excluding hydrogens is 403 g/mol. The van der Waals surface area contributed by atoms with Gasteiger partial charge in [-0.2, -0.15) is 18.4 Å². The molecule has 0 saturated heterocycles. The SMILES string of the molecule is Cc1ccc(N(CCC#N)C(=O)COc2ccc([N+](=O)[O-])cc2C(F)(F)F)cc1C. The van der Waals surface area contributed by atoms with Gasteiger partial charge in [0.1, 0.15) is 11.3 Å². The summed E-state index contributed by atoms with van der Waals surface area (Å²) < 4.78 is 44.8. The van der Waals surface area contributed by atoms with Gasteiger partial charge in [0.25, 0.3) is 11.6 Å². The predicted octanol–water partition coefficient (Wildman–Crippen LogP) is 4.56. The van der Waals surface area contributed by atoms with Crippen molar-refractivity contribution < 1.29 is 27.6 Å². The number of halogens is 3. The molecule has 2 rings (SSSR count). The lowest BCUT2D eigenvalue weighted by Gasteiger charge is -2.23. The van der Waals surface area contributed by atoms with E-state index in [1.165, 1.54) is 4.90 Å². The van der Waals surface area contributed by atoms with Crippen LogP contribution in [0.1, 0.15) is 23.1 Å². The van der Waals surface area contributed by atoms with Crippen molar-refractivity contribution in [1.82, 2.24) is 0 Å². The number of nitro benzene ring substituents is 1. The first kappa shape index (κ1) is 22.7. The fourth-order valence-corrected chi connectivity index (χ4v) is 2.65. The van der Waals surface area contributed by atoms with Crippen LogP contribution < -0.4 is 9.64 Å². The molecular formula is C20H18F3N3O4. The molecule has 1 amide bonds. The number of nitrogens with zero attached hydrogens (tertiary/aromatic N) is 3. The van der Waals surface area contributed by atoms with E-state index >= 15 is 0 Å². The number of carbonyl (C=O) groups excluding carboxylic acids is 1.